The highest BCUT2D eigenvalue weighted by atomic mass is 16.5. The van der Waals surface area contributed by atoms with Gasteiger partial charge in [-0.05, 0) is 37.1 Å². The van der Waals surface area contributed by atoms with Crippen LogP contribution in [-0.2, 0) is 22.7 Å². The Hall–Kier alpha value is -3.63. The number of carbonyl (C=O) groups is 4. The highest BCUT2D eigenvalue weighted by Gasteiger charge is 2.45. The second-order valence-electron chi connectivity index (χ2n) is 8.61. The zero-order valence-corrected chi connectivity index (χ0v) is 18.5. The number of imide groups is 2. The molecule has 1 aromatic carbocycles. The van der Waals surface area contributed by atoms with Crippen LogP contribution in [-0.4, -0.2) is 58.7 Å². The SMILES string of the molecule is O=C1CCC(N2C(=O)c3cccc(CNCc4cc(OC5CCNC5)ccn4)c3C2=O)C(=O)N1. The number of aromatic nitrogens is 1. The second kappa shape index (κ2) is 9.32. The van der Waals surface area contributed by atoms with Gasteiger partial charge in [0, 0.05) is 38.3 Å². The number of nitrogens with one attached hydrogen (secondary N) is 3. The van der Waals surface area contributed by atoms with Crippen LogP contribution in [0.25, 0.3) is 0 Å². The van der Waals surface area contributed by atoms with Crippen LogP contribution >= 0.6 is 0 Å². The minimum atomic E-state index is -0.979. The van der Waals surface area contributed by atoms with Gasteiger partial charge in [0.05, 0.1) is 16.8 Å². The maximum atomic E-state index is 13.2. The lowest BCUT2D eigenvalue weighted by molar-refractivity contribution is -0.136. The Morgan fingerprint density at radius 1 is 1.09 bits per heavy atom. The molecule has 10 heteroatoms. The molecule has 3 N–H and O–H groups in total. The van der Waals surface area contributed by atoms with Crippen molar-refractivity contribution in [1.29, 1.82) is 0 Å². The number of hydrogen-bond acceptors (Lipinski definition) is 8. The van der Waals surface area contributed by atoms with Crippen molar-refractivity contribution in [1.82, 2.24) is 25.8 Å². The van der Waals surface area contributed by atoms with Crippen LogP contribution in [0.2, 0.25) is 0 Å². The summed E-state index contributed by atoms with van der Waals surface area (Å²) < 4.78 is 5.98. The molecule has 3 aliphatic heterocycles. The second-order valence-corrected chi connectivity index (χ2v) is 8.61. The number of ether oxygens (including phenoxy) is 1. The fourth-order valence-electron chi connectivity index (χ4n) is 4.60. The van der Waals surface area contributed by atoms with Crippen molar-refractivity contribution < 1.29 is 23.9 Å². The molecule has 3 aliphatic rings. The summed E-state index contributed by atoms with van der Waals surface area (Å²) in [6, 6.07) is 7.83. The van der Waals surface area contributed by atoms with Gasteiger partial charge in [-0.1, -0.05) is 12.1 Å². The van der Waals surface area contributed by atoms with Gasteiger partial charge < -0.3 is 15.4 Å². The summed E-state index contributed by atoms with van der Waals surface area (Å²) in [5.41, 5.74) is 2.02. The number of hydrogen-bond donors (Lipinski definition) is 3. The first-order chi connectivity index (χ1) is 16.5. The van der Waals surface area contributed by atoms with Crippen molar-refractivity contribution in [3.63, 3.8) is 0 Å². The number of pyridine rings is 1. The van der Waals surface area contributed by atoms with Gasteiger partial charge in [0.1, 0.15) is 17.9 Å². The number of rotatable bonds is 7. The third-order valence-corrected chi connectivity index (χ3v) is 6.28. The molecule has 176 valence electrons. The van der Waals surface area contributed by atoms with Crippen molar-refractivity contribution in [2.24, 2.45) is 0 Å². The predicted octanol–water partition coefficient (Wildman–Crippen LogP) is 0.513. The Bertz CT molecular complexity index is 1160. The summed E-state index contributed by atoms with van der Waals surface area (Å²) >= 11 is 0. The molecule has 2 aromatic rings. The van der Waals surface area contributed by atoms with E-state index in [1.54, 1.807) is 24.4 Å². The monoisotopic (exact) mass is 463 g/mol. The van der Waals surface area contributed by atoms with Crippen molar-refractivity contribution in [3.05, 3.63) is 58.9 Å². The average Bonchev–Trinajstić information content (AvgIpc) is 3.41. The molecule has 5 rings (SSSR count). The lowest BCUT2D eigenvalue weighted by Crippen LogP contribution is -2.54. The summed E-state index contributed by atoms with van der Waals surface area (Å²) in [5.74, 6) is -1.27. The lowest BCUT2D eigenvalue weighted by Gasteiger charge is -2.27. The van der Waals surface area contributed by atoms with E-state index in [2.05, 4.69) is 20.9 Å². The normalized spacial score (nSPS) is 22.2. The van der Waals surface area contributed by atoms with Gasteiger partial charge in [0.15, 0.2) is 0 Å². The van der Waals surface area contributed by atoms with Crippen molar-refractivity contribution >= 4 is 23.6 Å². The Labute approximate surface area is 196 Å². The van der Waals surface area contributed by atoms with E-state index in [1.165, 1.54) is 0 Å². The van der Waals surface area contributed by atoms with Crippen molar-refractivity contribution in [3.8, 4) is 5.75 Å². The maximum Gasteiger partial charge on any atom is 0.262 e. The predicted molar refractivity (Wildman–Crippen MR) is 120 cm³/mol. The van der Waals surface area contributed by atoms with Crippen LogP contribution in [0.3, 0.4) is 0 Å². The molecule has 4 amide bonds. The quantitative estimate of drug-likeness (QED) is 0.507. The molecule has 2 saturated heterocycles. The van der Waals surface area contributed by atoms with Crippen LogP contribution in [0.4, 0.5) is 0 Å². The molecule has 0 bridgehead atoms. The van der Waals surface area contributed by atoms with Gasteiger partial charge in [-0.3, -0.25) is 34.4 Å². The standard InChI is InChI=1S/C24H25N5O5/c30-20-5-4-19(22(31)28-20)29-23(32)18-3-1-2-14(21(18)24(29)33)11-26-12-15-10-16(7-9-27-15)34-17-6-8-25-13-17/h1-3,7,9-10,17,19,25-26H,4-6,8,11-13H2,(H,28,30,31). The summed E-state index contributed by atoms with van der Waals surface area (Å²) in [5, 5.41) is 8.76. The molecule has 1 aromatic heterocycles. The number of nitrogens with zero attached hydrogens (tertiary/aromatic N) is 2. The first-order valence-corrected chi connectivity index (χ1v) is 11.4. The first-order valence-electron chi connectivity index (χ1n) is 11.4. The highest BCUT2D eigenvalue weighted by Crippen LogP contribution is 2.30. The largest absolute Gasteiger partial charge is 0.489 e. The molecule has 2 fully saturated rings. The van der Waals surface area contributed by atoms with Crippen LogP contribution in [0.1, 0.15) is 51.2 Å². The summed E-state index contributed by atoms with van der Waals surface area (Å²) in [4.78, 5) is 55.2. The Morgan fingerprint density at radius 3 is 2.76 bits per heavy atom. The zero-order valence-electron chi connectivity index (χ0n) is 18.5. The molecule has 10 nitrogen and oxygen atoms in total. The van der Waals surface area contributed by atoms with E-state index >= 15 is 0 Å². The highest BCUT2D eigenvalue weighted by molar-refractivity contribution is 6.24. The minimum absolute atomic E-state index is 0.0886. The molecule has 34 heavy (non-hydrogen) atoms. The van der Waals surface area contributed by atoms with Gasteiger partial charge in [-0.15, -0.1) is 0 Å². The van der Waals surface area contributed by atoms with Gasteiger partial charge in [-0.2, -0.15) is 0 Å². The zero-order chi connectivity index (χ0) is 23.7. The number of benzene rings is 1. The fourth-order valence-corrected chi connectivity index (χ4v) is 4.60. The van der Waals surface area contributed by atoms with Crippen molar-refractivity contribution in [2.45, 2.75) is 44.5 Å². The minimum Gasteiger partial charge on any atom is -0.489 e. The van der Waals surface area contributed by atoms with E-state index in [1.807, 2.05) is 12.1 Å². The van der Waals surface area contributed by atoms with E-state index in [-0.39, 0.29) is 24.5 Å². The molecule has 0 radical (unpaired) electrons. The molecule has 2 unspecified atom stereocenters. The Kier molecular flexibility index (Phi) is 6.08. The molecule has 2 atom stereocenters. The summed E-state index contributed by atoms with van der Waals surface area (Å²) in [7, 11) is 0. The number of carbonyl (C=O) groups excluding carboxylic acids is 4. The van der Waals surface area contributed by atoms with Gasteiger partial charge in [0.25, 0.3) is 11.8 Å². The molecular formula is C24H25N5O5. The summed E-state index contributed by atoms with van der Waals surface area (Å²) in [6.07, 6.45) is 3.05. The van der Waals surface area contributed by atoms with Gasteiger partial charge >= 0.3 is 0 Å². The van der Waals surface area contributed by atoms with E-state index in [9.17, 15) is 19.2 Å². The summed E-state index contributed by atoms with van der Waals surface area (Å²) in [6.45, 7) is 2.57. The average molecular weight is 463 g/mol. The molecule has 0 saturated carbocycles. The Morgan fingerprint density at radius 2 is 1.97 bits per heavy atom. The molecule has 0 spiro atoms. The number of piperidine rings is 1. The van der Waals surface area contributed by atoms with Crippen LogP contribution < -0.4 is 20.7 Å². The first kappa shape index (κ1) is 22.2. The number of amides is 4. The topological polar surface area (TPSA) is 130 Å². The van der Waals surface area contributed by atoms with E-state index in [0.717, 1.165) is 35.9 Å². The van der Waals surface area contributed by atoms with Gasteiger partial charge in [0.2, 0.25) is 11.8 Å². The number of fused-ring (bicyclic) bond motifs is 1. The molecule has 4 heterocycles. The van der Waals surface area contributed by atoms with E-state index in [0.29, 0.717) is 24.2 Å². The van der Waals surface area contributed by atoms with Crippen LogP contribution in [0.15, 0.2) is 36.5 Å². The molecular weight excluding hydrogens is 438 g/mol. The molecule has 0 aliphatic carbocycles. The Balaban J connectivity index is 1.26. The van der Waals surface area contributed by atoms with Crippen LogP contribution in [0.5, 0.6) is 5.75 Å². The third-order valence-electron chi connectivity index (χ3n) is 6.28. The van der Waals surface area contributed by atoms with Crippen LogP contribution in [0, 0.1) is 0 Å². The van der Waals surface area contributed by atoms with Gasteiger partial charge in [-0.25, -0.2) is 0 Å². The van der Waals surface area contributed by atoms with E-state index < -0.39 is 29.7 Å². The maximum absolute atomic E-state index is 13.2. The third kappa shape index (κ3) is 4.29. The van der Waals surface area contributed by atoms with Crippen molar-refractivity contribution in [2.75, 3.05) is 13.1 Å². The van der Waals surface area contributed by atoms with E-state index in [4.69, 9.17) is 4.74 Å². The lowest BCUT2D eigenvalue weighted by atomic mass is 10.0. The fraction of sp³-hybridized carbons (Fsp3) is 0.375. The smallest absolute Gasteiger partial charge is 0.262 e.